The van der Waals surface area contributed by atoms with Crippen molar-refractivity contribution in [2.24, 2.45) is 0 Å². The number of furan rings is 1. The molecule has 98 valence electrons. The van der Waals surface area contributed by atoms with E-state index in [1.807, 2.05) is 12.1 Å². The maximum atomic E-state index is 8.91. The molecule has 0 spiro atoms. The normalized spacial score (nSPS) is 12.9. The summed E-state index contributed by atoms with van der Waals surface area (Å²) in [6, 6.07) is 4.16. The minimum absolute atomic E-state index is 0.164. The molecule has 0 fully saturated rings. The van der Waals surface area contributed by atoms with Crippen molar-refractivity contribution in [2.75, 3.05) is 26.6 Å². The molecule has 5 heteroatoms. The minimum Gasteiger partial charge on any atom is -0.464 e. The quantitative estimate of drug-likeness (QED) is 0.706. The van der Waals surface area contributed by atoms with Crippen molar-refractivity contribution in [1.82, 2.24) is 5.32 Å². The third-order valence-electron chi connectivity index (χ3n) is 2.41. The molecular formula is C12H21NO3S. The van der Waals surface area contributed by atoms with Gasteiger partial charge in [0.1, 0.15) is 11.5 Å². The van der Waals surface area contributed by atoms with Crippen LogP contribution in [0.4, 0.5) is 0 Å². The molecule has 1 aromatic heterocycles. The fraction of sp³-hybridized carbons (Fsp3) is 0.667. The lowest BCUT2D eigenvalue weighted by atomic mass is 10.2. The van der Waals surface area contributed by atoms with Crippen LogP contribution < -0.4 is 5.32 Å². The Labute approximate surface area is 107 Å². The first kappa shape index (κ1) is 14.6. The van der Waals surface area contributed by atoms with Crippen LogP contribution in [0, 0.1) is 0 Å². The van der Waals surface area contributed by atoms with E-state index in [9.17, 15) is 0 Å². The molecule has 17 heavy (non-hydrogen) atoms. The zero-order valence-corrected chi connectivity index (χ0v) is 11.3. The number of aliphatic hydroxyl groups excluding tert-OH is 1. The molecule has 1 rings (SSSR count). The van der Waals surface area contributed by atoms with Gasteiger partial charge in [-0.2, -0.15) is 11.8 Å². The lowest BCUT2D eigenvalue weighted by Crippen LogP contribution is -2.33. The molecule has 0 bridgehead atoms. The van der Waals surface area contributed by atoms with Crippen molar-refractivity contribution >= 4 is 11.8 Å². The second-order valence-electron chi connectivity index (χ2n) is 3.85. The number of hydrogen-bond acceptors (Lipinski definition) is 5. The van der Waals surface area contributed by atoms with Gasteiger partial charge in [-0.1, -0.05) is 0 Å². The van der Waals surface area contributed by atoms with E-state index in [0.29, 0.717) is 19.6 Å². The number of aliphatic hydroxyl groups is 1. The van der Waals surface area contributed by atoms with E-state index in [4.69, 9.17) is 14.3 Å². The van der Waals surface area contributed by atoms with Crippen LogP contribution in [0.3, 0.4) is 0 Å². The Morgan fingerprint density at radius 1 is 1.47 bits per heavy atom. The number of thioether (sulfide) groups is 1. The molecule has 0 aliphatic carbocycles. The molecule has 2 N–H and O–H groups in total. The van der Waals surface area contributed by atoms with E-state index in [2.05, 4.69) is 11.6 Å². The third-order valence-corrected chi connectivity index (χ3v) is 2.99. The van der Waals surface area contributed by atoms with E-state index in [-0.39, 0.29) is 12.6 Å². The van der Waals surface area contributed by atoms with Gasteiger partial charge in [0.2, 0.25) is 0 Å². The maximum absolute atomic E-state index is 8.91. The van der Waals surface area contributed by atoms with E-state index >= 15 is 0 Å². The van der Waals surface area contributed by atoms with Crippen LogP contribution in [0.15, 0.2) is 16.5 Å². The summed E-state index contributed by atoms with van der Waals surface area (Å²) in [5.74, 6) is 2.82. The van der Waals surface area contributed by atoms with Crippen molar-refractivity contribution in [1.29, 1.82) is 0 Å². The molecule has 0 aliphatic heterocycles. The third kappa shape index (κ3) is 5.59. The summed E-state index contributed by atoms with van der Waals surface area (Å²) in [5, 5.41) is 12.2. The molecule has 0 amide bonds. The second-order valence-corrected chi connectivity index (χ2v) is 4.71. The Morgan fingerprint density at radius 3 is 2.88 bits per heavy atom. The van der Waals surface area contributed by atoms with E-state index in [0.717, 1.165) is 17.3 Å². The van der Waals surface area contributed by atoms with E-state index < -0.39 is 0 Å². The van der Waals surface area contributed by atoms with Gasteiger partial charge in [-0.3, -0.25) is 0 Å². The highest BCUT2D eigenvalue weighted by atomic mass is 32.2. The average molecular weight is 259 g/mol. The predicted molar refractivity (Wildman–Crippen MR) is 70.1 cm³/mol. The van der Waals surface area contributed by atoms with Crippen LogP contribution in [-0.2, 0) is 17.0 Å². The maximum Gasteiger partial charge on any atom is 0.118 e. The van der Waals surface area contributed by atoms with Crippen LogP contribution in [0.2, 0.25) is 0 Å². The molecule has 0 aromatic carbocycles. The van der Waals surface area contributed by atoms with Crippen LogP contribution in [0.5, 0.6) is 0 Å². The number of ether oxygens (including phenoxy) is 1. The van der Waals surface area contributed by atoms with Gasteiger partial charge in [0.25, 0.3) is 0 Å². The lowest BCUT2D eigenvalue weighted by Gasteiger charge is -2.15. The SMILES string of the molecule is COCC(CCO)NCc1ccc(CSC)o1. The lowest BCUT2D eigenvalue weighted by molar-refractivity contribution is 0.147. The number of nitrogens with one attached hydrogen (secondary N) is 1. The van der Waals surface area contributed by atoms with Crippen molar-refractivity contribution in [2.45, 2.75) is 24.8 Å². The van der Waals surface area contributed by atoms with Crippen molar-refractivity contribution in [3.63, 3.8) is 0 Å². The summed E-state index contributed by atoms with van der Waals surface area (Å²) in [5.41, 5.74) is 0. The van der Waals surface area contributed by atoms with Crippen LogP contribution in [-0.4, -0.2) is 37.7 Å². The molecule has 0 saturated heterocycles. The van der Waals surface area contributed by atoms with Gasteiger partial charge < -0.3 is 19.6 Å². The summed E-state index contributed by atoms with van der Waals surface area (Å²) in [4.78, 5) is 0. The van der Waals surface area contributed by atoms with Gasteiger partial charge in [-0.05, 0) is 24.8 Å². The van der Waals surface area contributed by atoms with Gasteiger partial charge in [0.15, 0.2) is 0 Å². The highest BCUT2D eigenvalue weighted by Gasteiger charge is 2.08. The van der Waals surface area contributed by atoms with Crippen molar-refractivity contribution in [3.05, 3.63) is 23.7 Å². The first-order valence-corrected chi connectivity index (χ1v) is 7.09. The molecule has 4 nitrogen and oxygen atoms in total. The smallest absolute Gasteiger partial charge is 0.118 e. The number of methoxy groups -OCH3 is 1. The standard InChI is InChI=1S/C12H21NO3S/c1-15-8-10(5-6-14)13-7-11-3-4-12(16-11)9-17-2/h3-4,10,13-14H,5-9H2,1-2H3. The Hall–Kier alpha value is -0.490. The van der Waals surface area contributed by atoms with Gasteiger partial charge >= 0.3 is 0 Å². The molecule has 1 atom stereocenters. The summed E-state index contributed by atoms with van der Waals surface area (Å²) in [7, 11) is 1.66. The molecule has 0 saturated carbocycles. The zero-order chi connectivity index (χ0) is 12.5. The number of hydrogen-bond donors (Lipinski definition) is 2. The van der Waals surface area contributed by atoms with E-state index in [1.54, 1.807) is 18.9 Å². The van der Waals surface area contributed by atoms with Gasteiger partial charge in [-0.25, -0.2) is 0 Å². The van der Waals surface area contributed by atoms with Crippen molar-refractivity contribution in [3.8, 4) is 0 Å². The summed E-state index contributed by atoms with van der Waals surface area (Å²) in [6.07, 6.45) is 2.74. The average Bonchev–Trinajstić information content (AvgIpc) is 2.75. The Bertz CT molecular complexity index is 298. The molecule has 1 unspecified atom stereocenters. The highest BCUT2D eigenvalue weighted by molar-refractivity contribution is 7.97. The summed E-state index contributed by atoms with van der Waals surface area (Å²) in [6.45, 7) is 1.43. The molecular weight excluding hydrogens is 238 g/mol. The Morgan fingerprint density at radius 2 is 2.24 bits per heavy atom. The Kier molecular flexibility index (Phi) is 7.35. The first-order chi connectivity index (χ1) is 8.30. The van der Waals surface area contributed by atoms with Crippen LogP contribution >= 0.6 is 11.8 Å². The molecule has 1 aromatic rings. The monoisotopic (exact) mass is 259 g/mol. The predicted octanol–water partition coefficient (Wildman–Crippen LogP) is 1.63. The van der Waals surface area contributed by atoms with Gasteiger partial charge in [0, 0.05) is 19.8 Å². The van der Waals surface area contributed by atoms with Gasteiger partial charge in [0.05, 0.1) is 18.9 Å². The number of rotatable bonds is 9. The van der Waals surface area contributed by atoms with Crippen molar-refractivity contribution < 1.29 is 14.3 Å². The van der Waals surface area contributed by atoms with Gasteiger partial charge in [-0.15, -0.1) is 0 Å². The molecule has 1 heterocycles. The first-order valence-electron chi connectivity index (χ1n) is 5.69. The summed E-state index contributed by atoms with van der Waals surface area (Å²) < 4.78 is 10.7. The highest BCUT2D eigenvalue weighted by Crippen LogP contribution is 2.13. The fourth-order valence-electron chi connectivity index (χ4n) is 1.58. The molecule has 0 radical (unpaired) electrons. The van der Waals surface area contributed by atoms with E-state index in [1.165, 1.54) is 0 Å². The van der Waals surface area contributed by atoms with Crippen LogP contribution in [0.25, 0.3) is 0 Å². The Balaban J connectivity index is 2.35. The summed E-state index contributed by atoms with van der Waals surface area (Å²) >= 11 is 1.74. The largest absolute Gasteiger partial charge is 0.464 e. The second kappa shape index (κ2) is 8.58. The minimum atomic E-state index is 0.164. The molecule has 0 aliphatic rings. The van der Waals surface area contributed by atoms with Crippen LogP contribution in [0.1, 0.15) is 17.9 Å². The fourth-order valence-corrected chi connectivity index (χ4v) is 2.02. The zero-order valence-electron chi connectivity index (χ0n) is 10.4. The topological polar surface area (TPSA) is 54.6 Å².